The number of phosphoric ester groups is 1. The number of nitrogens with one attached hydrogen (secondary N) is 1. The maximum atomic E-state index is 11.8. The average Bonchev–Trinajstić information content (AvgIpc) is 2.86. The van der Waals surface area contributed by atoms with Crippen LogP contribution in [0.25, 0.3) is 0 Å². The van der Waals surface area contributed by atoms with Gasteiger partial charge >= 0.3 is 5.69 Å². The zero-order valence-corrected chi connectivity index (χ0v) is 18.7. The van der Waals surface area contributed by atoms with Crippen molar-refractivity contribution in [2.75, 3.05) is 6.61 Å². The molecule has 2 unspecified atom stereocenters. The lowest BCUT2D eigenvalue weighted by atomic mass is 10.1. The van der Waals surface area contributed by atoms with E-state index in [1.54, 1.807) is 0 Å². The number of H-pyrrole nitrogens is 1. The second-order valence-corrected chi connectivity index (χ2v) is 13.8. The summed E-state index contributed by atoms with van der Waals surface area (Å²) in [7, 11) is -18.6. The predicted molar refractivity (Wildman–Crippen MR) is 91.5 cm³/mol. The molecule has 178 valence electrons. The number of phosphoric acid groups is 1. The van der Waals surface area contributed by atoms with E-state index in [9.17, 15) is 53.1 Å². The quantitative estimate of drug-likeness (QED) is 0.208. The van der Waals surface area contributed by atoms with Crippen molar-refractivity contribution in [1.82, 2.24) is 9.55 Å². The number of alkyl halides is 2. The molecule has 6 atom stereocenters. The van der Waals surface area contributed by atoms with Gasteiger partial charge in [0.05, 0.1) is 6.61 Å². The molecule has 1 aliphatic rings. The molecule has 16 nitrogen and oxygen atoms in total. The van der Waals surface area contributed by atoms with Crippen molar-refractivity contribution in [3.8, 4) is 0 Å². The first-order valence-corrected chi connectivity index (χ1v) is 12.9. The minimum absolute atomic E-state index is 0.657. The topological polar surface area (TPSA) is 266 Å². The fourth-order valence-electron chi connectivity index (χ4n) is 2.24. The largest absolute Gasteiger partial charge is 0.808 e. The van der Waals surface area contributed by atoms with E-state index < -0.39 is 69.2 Å². The molecule has 0 radical (unpaired) electrons. The maximum absolute atomic E-state index is 11.8. The highest BCUT2D eigenvalue weighted by atomic mass is 35.5. The SMILES string of the molecule is O=c1ccn([C@@H]2O[C@H](COP(=O)([O-])OP(=O)([O-])C(Cl)(Cl)P(=O)([O-])[O-])[C@@H](O)[C@H]2O)c(=O)[nH]1. The Morgan fingerprint density at radius 3 is 2.26 bits per heavy atom. The number of nitrogens with zero attached hydrogens (tertiary/aromatic N) is 1. The third-order valence-electron chi connectivity index (χ3n) is 3.73. The van der Waals surface area contributed by atoms with Crippen LogP contribution >= 0.6 is 46.2 Å². The second kappa shape index (κ2) is 9.09. The fourth-order valence-corrected chi connectivity index (χ4v) is 6.29. The molecule has 0 aliphatic carbocycles. The Bertz CT molecular complexity index is 1080. The lowest BCUT2D eigenvalue weighted by Crippen LogP contribution is -2.37. The van der Waals surface area contributed by atoms with Gasteiger partial charge in [0.1, 0.15) is 18.3 Å². The molecular weight excluding hydrogens is 536 g/mol. The number of aromatic amines is 1. The highest BCUT2D eigenvalue weighted by molar-refractivity contribution is 7.79. The smallest absolute Gasteiger partial charge is 0.330 e. The Balaban J connectivity index is 2.12. The van der Waals surface area contributed by atoms with Crippen molar-refractivity contribution in [2.45, 2.75) is 28.4 Å². The molecule has 1 aromatic heterocycles. The van der Waals surface area contributed by atoms with Gasteiger partial charge in [-0.15, -0.1) is 0 Å². The summed E-state index contributed by atoms with van der Waals surface area (Å²) in [5.74, 6) is 0. The molecule has 2 rings (SSSR count). The summed E-state index contributed by atoms with van der Waals surface area (Å²) in [4.78, 5) is 69.7. The zero-order chi connectivity index (χ0) is 24.0. The second-order valence-electron chi connectivity index (χ2n) is 5.89. The van der Waals surface area contributed by atoms with Gasteiger partial charge in [-0.25, -0.2) is 4.79 Å². The number of aromatic nitrogens is 2. The van der Waals surface area contributed by atoms with Crippen molar-refractivity contribution in [2.24, 2.45) is 0 Å². The number of hydrogen-bond donors (Lipinski definition) is 3. The average molecular weight is 547 g/mol. The summed E-state index contributed by atoms with van der Waals surface area (Å²) < 4.78 is 43.5. The van der Waals surface area contributed by atoms with Gasteiger partial charge in [-0.2, -0.15) is 0 Å². The van der Waals surface area contributed by atoms with Gasteiger partial charge in [-0.3, -0.25) is 23.2 Å². The van der Waals surface area contributed by atoms with E-state index >= 15 is 0 Å². The summed E-state index contributed by atoms with van der Waals surface area (Å²) in [6.07, 6.45) is -6.12. The number of halogens is 2. The molecule has 0 saturated carbocycles. The van der Waals surface area contributed by atoms with Gasteiger partial charge in [0.15, 0.2) is 13.8 Å². The molecule has 1 aliphatic heterocycles. The number of ether oxygens (including phenoxy) is 1. The van der Waals surface area contributed by atoms with E-state index in [0.29, 0.717) is 4.57 Å². The van der Waals surface area contributed by atoms with Crippen LogP contribution in [0.15, 0.2) is 21.9 Å². The number of aliphatic hydroxyl groups is 2. The van der Waals surface area contributed by atoms with Crippen LogP contribution in [-0.4, -0.2) is 48.5 Å². The molecule has 0 bridgehead atoms. The van der Waals surface area contributed by atoms with E-state index in [4.69, 9.17) is 27.9 Å². The maximum Gasteiger partial charge on any atom is 0.330 e. The molecule has 3 N–H and O–H groups in total. The third kappa shape index (κ3) is 5.75. The summed E-state index contributed by atoms with van der Waals surface area (Å²) in [5, 5.41) is 19.9. The van der Waals surface area contributed by atoms with E-state index in [-0.39, 0.29) is 0 Å². The van der Waals surface area contributed by atoms with E-state index in [2.05, 4.69) is 8.83 Å². The lowest BCUT2D eigenvalue weighted by molar-refractivity contribution is -0.315. The Kier molecular flexibility index (Phi) is 7.87. The molecule has 2 heterocycles. The summed E-state index contributed by atoms with van der Waals surface area (Å²) in [6.45, 7) is -1.21. The van der Waals surface area contributed by atoms with Crippen molar-refractivity contribution in [3.63, 3.8) is 0 Å². The van der Waals surface area contributed by atoms with Gasteiger partial charge in [0, 0.05) is 12.3 Å². The summed E-state index contributed by atoms with van der Waals surface area (Å²) in [6, 6.07) is 0.883. The molecule has 1 saturated heterocycles. The molecule has 1 fully saturated rings. The van der Waals surface area contributed by atoms with Crippen LogP contribution in [0.3, 0.4) is 0 Å². The van der Waals surface area contributed by atoms with Gasteiger partial charge < -0.3 is 48.2 Å². The van der Waals surface area contributed by atoms with Crippen LogP contribution in [0.2, 0.25) is 0 Å². The Morgan fingerprint density at radius 1 is 1.16 bits per heavy atom. The molecule has 0 spiro atoms. The Hall–Kier alpha value is -0.410. The number of hydrogen-bond acceptors (Lipinski definition) is 14. The van der Waals surface area contributed by atoms with Gasteiger partial charge in [-0.05, 0) is 7.60 Å². The molecule has 31 heavy (non-hydrogen) atoms. The molecular formula is C10H11Cl2N2O14P3-4. The number of aliphatic hydroxyl groups excluding tert-OH is 2. The first-order valence-electron chi connectivity index (χ1n) is 7.61. The predicted octanol–water partition coefficient (Wildman–Crippen LogP) is -3.79. The lowest BCUT2D eigenvalue weighted by Gasteiger charge is -2.47. The first-order chi connectivity index (χ1) is 13.9. The molecule has 0 amide bonds. The third-order valence-corrected chi connectivity index (χ3v) is 11.1. The van der Waals surface area contributed by atoms with Crippen LogP contribution in [0.1, 0.15) is 6.23 Å². The van der Waals surface area contributed by atoms with E-state index in [0.717, 1.165) is 12.3 Å². The minimum Gasteiger partial charge on any atom is -0.808 e. The van der Waals surface area contributed by atoms with Crippen LogP contribution in [0.5, 0.6) is 0 Å². The zero-order valence-electron chi connectivity index (χ0n) is 14.5. The monoisotopic (exact) mass is 546 g/mol. The van der Waals surface area contributed by atoms with Crippen molar-refractivity contribution >= 4 is 46.2 Å². The fraction of sp³-hybridized carbons (Fsp3) is 0.600. The number of rotatable bonds is 8. The highest BCUT2D eigenvalue weighted by Gasteiger charge is 2.46. The van der Waals surface area contributed by atoms with Crippen molar-refractivity contribution < 1.29 is 57.1 Å². The molecule has 1 aromatic rings. The van der Waals surface area contributed by atoms with Crippen LogP contribution in [0.4, 0.5) is 0 Å². The van der Waals surface area contributed by atoms with Gasteiger partial charge in [-0.1, -0.05) is 23.2 Å². The molecule has 0 aromatic carbocycles. The standard InChI is InChI=1S/C10H15Cl2N2O14P3/c11-10(12,29(19,20)21)30(22,23)28-31(24,25)26-3-4-6(16)7(17)8(27-4)14-2-1-5(15)13-9(14)18/h1-2,4,6-8,16-17H,3H2,(H,22,23)(H,24,25)(H,13,15,18)(H2,19,20,21)/p-4/t4-,6-,7-,8-/m1/s1. The van der Waals surface area contributed by atoms with Crippen molar-refractivity contribution in [1.29, 1.82) is 0 Å². The van der Waals surface area contributed by atoms with E-state index in [1.165, 1.54) is 0 Å². The minimum atomic E-state index is -6.34. The highest BCUT2D eigenvalue weighted by Crippen LogP contribution is 2.74. The van der Waals surface area contributed by atoms with Gasteiger partial charge in [0.2, 0.25) is 3.82 Å². The Labute approximate surface area is 181 Å². The van der Waals surface area contributed by atoms with Crippen LogP contribution < -0.4 is 30.8 Å². The molecule has 21 heteroatoms. The van der Waals surface area contributed by atoms with Crippen LogP contribution in [-0.2, 0) is 27.3 Å². The summed E-state index contributed by atoms with van der Waals surface area (Å²) >= 11 is 9.80. The van der Waals surface area contributed by atoms with E-state index in [1.807, 2.05) is 4.98 Å². The Morgan fingerprint density at radius 2 is 1.74 bits per heavy atom. The normalized spacial score (nSPS) is 28.8. The first kappa shape index (κ1) is 26.8. The van der Waals surface area contributed by atoms with Gasteiger partial charge in [0.25, 0.3) is 13.4 Å². The van der Waals surface area contributed by atoms with Crippen LogP contribution in [0, 0.1) is 0 Å². The summed E-state index contributed by atoms with van der Waals surface area (Å²) in [5.41, 5.74) is -1.83. The van der Waals surface area contributed by atoms with Crippen molar-refractivity contribution in [3.05, 3.63) is 33.1 Å².